The Kier molecular flexibility index (Phi) is 6.08. The Morgan fingerprint density at radius 1 is 1.47 bits per heavy atom. The molecule has 5 heteroatoms. The predicted octanol–water partition coefficient (Wildman–Crippen LogP) is 1.53. The van der Waals surface area contributed by atoms with Gasteiger partial charge in [-0.05, 0) is 19.3 Å². The molecule has 0 saturated heterocycles. The molecule has 0 amide bonds. The first-order valence-electron chi connectivity index (χ1n) is 5.03. The van der Waals surface area contributed by atoms with Crippen molar-refractivity contribution < 1.29 is 14.5 Å². The van der Waals surface area contributed by atoms with Crippen molar-refractivity contribution in [1.29, 1.82) is 0 Å². The van der Waals surface area contributed by atoms with E-state index < -0.39 is 6.10 Å². The Hall–Kier alpha value is -0.970. The number of ether oxygens (including phenoxy) is 1. The van der Waals surface area contributed by atoms with E-state index in [1.165, 1.54) is 14.0 Å². The minimum Gasteiger partial charge on any atom is -0.373 e. The number of nitro groups is 1. The maximum Gasteiger partial charge on any atom is 0.209 e. The topological polar surface area (TPSA) is 69.4 Å². The highest BCUT2D eigenvalue weighted by molar-refractivity contribution is 5.80. The molecular formula is C10H19NO4. The average molecular weight is 217 g/mol. The Bertz CT molecular complexity index is 227. The number of methoxy groups -OCH3 is 1. The normalized spacial score (nSPS) is 15.0. The third-order valence-electron chi connectivity index (χ3n) is 2.24. The molecule has 0 unspecified atom stereocenters. The first-order valence-corrected chi connectivity index (χ1v) is 5.03. The van der Waals surface area contributed by atoms with Crippen LogP contribution in [0.3, 0.4) is 0 Å². The zero-order valence-corrected chi connectivity index (χ0v) is 9.73. The summed E-state index contributed by atoms with van der Waals surface area (Å²) in [4.78, 5) is 21.3. The van der Waals surface area contributed by atoms with Gasteiger partial charge in [0.2, 0.25) is 6.54 Å². The smallest absolute Gasteiger partial charge is 0.209 e. The van der Waals surface area contributed by atoms with Gasteiger partial charge in [0.25, 0.3) is 0 Å². The van der Waals surface area contributed by atoms with Crippen LogP contribution in [0.1, 0.15) is 27.2 Å². The maximum absolute atomic E-state index is 11.2. The Morgan fingerprint density at radius 2 is 2.00 bits per heavy atom. The number of hydrogen-bond acceptors (Lipinski definition) is 4. The molecule has 0 bridgehead atoms. The van der Waals surface area contributed by atoms with Crippen LogP contribution in [0, 0.1) is 22.0 Å². The van der Waals surface area contributed by atoms with E-state index >= 15 is 0 Å². The molecule has 15 heavy (non-hydrogen) atoms. The zero-order chi connectivity index (χ0) is 12.0. The maximum atomic E-state index is 11.2. The van der Waals surface area contributed by atoms with E-state index in [1.54, 1.807) is 0 Å². The Balaban J connectivity index is 4.57. The number of ketones is 1. The fraction of sp³-hybridized carbons (Fsp3) is 0.900. The van der Waals surface area contributed by atoms with E-state index in [0.717, 1.165) is 0 Å². The molecule has 0 rings (SSSR count). The molecule has 0 aromatic carbocycles. The fourth-order valence-corrected chi connectivity index (χ4v) is 1.78. The largest absolute Gasteiger partial charge is 0.373 e. The van der Waals surface area contributed by atoms with E-state index in [-0.39, 0.29) is 23.2 Å². The molecule has 0 fully saturated rings. The van der Waals surface area contributed by atoms with E-state index in [0.29, 0.717) is 12.3 Å². The van der Waals surface area contributed by atoms with Gasteiger partial charge in [-0.25, -0.2) is 0 Å². The van der Waals surface area contributed by atoms with E-state index in [2.05, 4.69) is 0 Å². The summed E-state index contributed by atoms with van der Waals surface area (Å²) >= 11 is 0. The lowest BCUT2D eigenvalue weighted by atomic mass is 9.90. The van der Waals surface area contributed by atoms with Crippen molar-refractivity contribution in [3.63, 3.8) is 0 Å². The number of rotatable bonds is 7. The quantitative estimate of drug-likeness (QED) is 0.479. The Morgan fingerprint density at radius 3 is 2.27 bits per heavy atom. The minimum absolute atomic E-state index is 0.148. The highest BCUT2D eigenvalue weighted by Crippen LogP contribution is 2.18. The summed E-state index contributed by atoms with van der Waals surface area (Å²) in [5.74, 6) is -0.167. The van der Waals surface area contributed by atoms with Gasteiger partial charge >= 0.3 is 0 Å². The molecule has 0 aromatic rings. The summed E-state index contributed by atoms with van der Waals surface area (Å²) < 4.78 is 5.02. The SMILES string of the molecule is CO[C@H](C(C)=O)[C@@H](CC(C)C)C[N+](=O)[O-]. The molecule has 0 radical (unpaired) electrons. The summed E-state index contributed by atoms with van der Waals surface area (Å²) in [5.41, 5.74) is 0. The van der Waals surface area contributed by atoms with Crippen LogP contribution in [-0.4, -0.2) is 30.5 Å². The molecule has 0 saturated carbocycles. The first kappa shape index (κ1) is 14.0. The van der Waals surface area contributed by atoms with Gasteiger partial charge in [0, 0.05) is 12.0 Å². The molecule has 0 heterocycles. The summed E-state index contributed by atoms with van der Waals surface area (Å²) in [7, 11) is 1.42. The molecular weight excluding hydrogens is 198 g/mol. The second kappa shape index (κ2) is 6.50. The van der Waals surface area contributed by atoms with Gasteiger partial charge in [0.15, 0.2) is 5.78 Å². The lowest BCUT2D eigenvalue weighted by Crippen LogP contribution is -2.35. The van der Waals surface area contributed by atoms with E-state index in [4.69, 9.17) is 4.74 Å². The van der Waals surface area contributed by atoms with Gasteiger partial charge in [-0.15, -0.1) is 0 Å². The molecule has 0 aliphatic heterocycles. The molecule has 88 valence electrons. The fourth-order valence-electron chi connectivity index (χ4n) is 1.78. The van der Waals surface area contributed by atoms with Crippen LogP contribution in [0.25, 0.3) is 0 Å². The van der Waals surface area contributed by atoms with Crippen molar-refractivity contribution in [3.8, 4) is 0 Å². The molecule has 0 aliphatic rings. The Labute approximate surface area is 90.0 Å². The van der Waals surface area contributed by atoms with Crippen LogP contribution in [0.5, 0.6) is 0 Å². The highest BCUT2D eigenvalue weighted by Gasteiger charge is 2.30. The second-order valence-corrected chi connectivity index (χ2v) is 4.17. The second-order valence-electron chi connectivity index (χ2n) is 4.17. The molecule has 0 aromatic heterocycles. The summed E-state index contributed by atoms with van der Waals surface area (Å²) in [5, 5.41) is 10.5. The van der Waals surface area contributed by atoms with Crippen LogP contribution >= 0.6 is 0 Å². The zero-order valence-electron chi connectivity index (χ0n) is 9.73. The number of carbonyl (C=O) groups excluding carboxylic acids is 1. The van der Waals surface area contributed by atoms with Crippen molar-refractivity contribution in [2.75, 3.05) is 13.7 Å². The standard InChI is InChI=1S/C10H19NO4/c1-7(2)5-9(6-11(13)14)10(15-4)8(3)12/h7,9-10H,5-6H2,1-4H3/t9-,10+/m0/s1. The van der Waals surface area contributed by atoms with Crippen LogP contribution in [-0.2, 0) is 9.53 Å². The van der Waals surface area contributed by atoms with Gasteiger partial charge in [-0.1, -0.05) is 13.8 Å². The van der Waals surface area contributed by atoms with Crippen LogP contribution < -0.4 is 0 Å². The van der Waals surface area contributed by atoms with Crippen molar-refractivity contribution in [2.24, 2.45) is 11.8 Å². The molecule has 0 N–H and O–H groups in total. The number of Topliss-reactive ketones (excluding diaryl/α,β-unsaturated/α-hetero) is 1. The molecule has 0 spiro atoms. The van der Waals surface area contributed by atoms with Crippen molar-refractivity contribution >= 4 is 5.78 Å². The molecule has 2 atom stereocenters. The monoisotopic (exact) mass is 217 g/mol. The lowest BCUT2D eigenvalue weighted by molar-refractivity contribution is -0.490. The van der Waals surface area contributed by atoms with E-state index in [9.17, 15) is 14.9 Å². The average Bonchev–Trinajstić information content (AvgIpc) is 2.01. The predicted molar refractivity (Wildman–Crippen MR) is 56.3 cm³/mol. The van der Waals surface area contributed by atoms with Gasteiger partial charge in [-0.3, -0.25) is 14.9 Å². The van der Waals surface area contributed by atoms with Gasteiger partial charge < -0.3 is 4.74 Å². The number of carbonyl (C=O) groups is 1. The van der Waals surface area contributed by atoms with E-state index in [1.807, 2.05) is 13.8 Å². The summed E-state index contributed by atoms with van der Waals surface area (Å²) in [6.45, 7) is 5.14. The number of hydrogen-bond donors (Lipinski definition) is 0. The number of nitrogens with zero attached hydrogens (tertiary/aromatic N) is 1. The third-order valence-corrected chi connectivity index (χ3v) is 2.24. The van der Waals surface area contributed by atoms with Gasteiger partial charge in [0.05, 0.1) is 5.92 Å². The van der Waals surface area contributed by atoms with Crippen molar-refractivity contribution in [1.82, 2.24) is 0 Å². The molecule has 0 aliphatic carbocycles. The highest BCUT2D eigenvalue weighted by atomic mass is 16.6. The first-order chi connectivity index (χ1) is 6.88. The van der Waals surface area contributed by atoms with Crippen LogP contribution in [0.4, 0.5) is 0 Å². The summed E-state index contributed by atoms with van der Waals surface area (Å²) in [6, 6.07) is 0. The molecule has 5 nitrogen and oxygen atoms in total. The summed E-state index contributed by atoms with van der Waals surface area (Å²) in [6.07, 6.45) is -0.0307. The van der Waals surface area contributed by atoms with Gasteiger partial charge in [-0.2, -0.15) is 0 Å². The lowest BCUT2D eigenvalue weighted by Gasteiger charge is -2.22. The van der Waals surface area contributed by atoms with Crippen LogP contribution in [0.15, 0.2) is 0 Å². The van der Waals surface area contributed by atoms with Crippen molar-refractivity contribution in [3.05, 3.63) is 10.1 Å². The van der Waals surface area contributed by atoms with Crippen molar-refractivity contribution in [2.45, 2.75) is 33.3 Å². The minimum atomic E-state index is -0.655. The van der Waals surface area contributed by atoms with Gasteiger partial charge in [0.1, 0.15) is 6.10 Å². The van der Waals surface area contributed by atoms with Crippen LogP contribution in [0.2, 0.25) is 0 Å². The third kappa shape index (κ3) is 5.47.